The van der Waals surface area contributed by atoms with Crippen LogP contribution in [-0.4, -0.2) is 37.8 Å². The summed E-state index contributed by atoms with van der Waals surface area (Å²) in [6.07, 6.45) is 3.62. The summed E-state index contributed by atoms with van der Waals surface area (Å²) in [5.41, 5.74) is 7.29. The minimum atomic E-state index is -0.414. The molecule has 1 saturated carbocycles. The third kappa shape index (κ3) is 3.78. The molecule has 9 nitrogen and oxygen atoms in total. The van der Waals surface area contributed by atoms with E-state index < -0.39 is 5.56 Å². The summed E-state index contributed by atoms with van der Waals surface area (Å²) < 4.78 is 4.73. The van der Waals surface area contributed by atoms with Gasteiger partial charge in [-0.05, 0) is 44.2 Å². The first-order valence-corrected chi connectivity index (χ1v) is 11.7. The van der Waals surface area contributed by atoms with Crippen LogP contribution >= 0.6 is 0 Å². The Morgan fingerprint density at radius 2 is 1.97 bits per heavy atom. The molecule has 174 valence electrons. The monoisotopic (exact) mass is 457 g/mol. The maximum Gasteiger partial charge on any atom is 0.333 e. The largest absolute Gasteiger partial charge is 0.341 e. The quantitative estimate of drug-likeness (QED) is 0.582. The van der Waals surface area contributed by atoms with Crippen molar-refractivity contribution < 1.29 is 0 Å². The molecule has 0 bridgehead atoms. The maximum atomic E-state index is 13.8. The van der Waals surface area contributed by atoms with E-state index in [1.54, 1.807) is 35.8 Å². The van der Waals surface area contributed by atoms with Crippen LogP contribution in [0.5, 0.6) is 0 Å². The predicted molar refractivity (Wildman–Crippen MR) is 130 cm³/mol. The van der Waals surface area contributed by atoms with Gasteiger partial charge in [-0.3, -0.25) is 18.5 Å². The number of benzene rings is 1. The average molecular weight is 458 g/mol. The number of hydrogen-bond donors (Lipinski definition) is 1. The summed E-state index contributed by atoms with van der Waals surface area (Å²) in [5.74, 6) is 6.60. The minimum absolute atomic E-state index is 0.0186. The van der Waals surface area contributed by atoms with Gasteiger partial charge in [0.15, 0.2) is 11.2 Å². The molecule has 3 heterocycles. The molecule has 2 aliphatic rings. The van der Waals surface area contributed by atoms with Gasteiger partial charge in [0.25, 0.3) is 5.56 Å². The third-order valence-electron chi connectivity index (χ3n) is 6.57. The second kappa shape index (κ2) is 8.85. The number of nitriles is 1. The lowest BCUT2D eigenvalue weighted by Gasteiger charge is -2.31. The van der Waals surface area contributed by atoms with Crippen LogP contribution in [0.15, 0.2) is 33.9 Å². The van der Waals surface area contributed by atoms with E-state index >= 15 is 0 Å². The Kier molecular flexibility index (Phi) is 5.72. The molecule has 5 rings (SSSR count). The van der Waals surface area contributed by atoms with Crippen molar-refractivity contribution in [2.75, 3.05) is 18.0 Å². The van der Waals surface area contributed by atoms with Gasteiger partial charge in [-0.2, -0.15) is 10.2 Å². The molecular weight excluding hydrogens is 430 g/mol. The highest BCUT2D eigenvalue weighted by atomic mass is 16.2. The Balaban J connectivity index is 1.76. The summed E-state index contributed by atoms with van der Waals surface area (Å²) in [6.45, 7) is 3.50. The standard InChI is InChI=1S/C25H27N7O2/c1-2-3-13-30-21-22(28-24(30)29-12-6-9-19(27)16-29)32(20-10-11-20)25(34)31(23(21)33)15-18-8-5-4-7-17(18)14-26/h4-5,7-8,19-20H,6,9-13,15-16,27H2,1H3. The zero-order valence-electron chi connectivity index (χ0n) is 19.2. The lowest BCUT2D eigenvalue weighted by atomic mass is 10.1. The molecule has 2 N–H and O–H groups in total. The fourth-order valence-electron chi connectivity index (χ4n) is 4.72. The van der Waals surface area contributed by atoms with Gasteiger partial charge in [0.2, 0.25) is 5.95 Å². The Hall–Kier alpha value is -3.82. The molecule has 1 atom stereocenters. The van der Waals surface area contributed by atoms with E-state index in [0.717, 1.165) is 32.2 Å². The van der Waals surface area contributed by atoms with Gasteiger partial charge in [0.05, 0.1) is 24.7 Å². The van der Waals surface area contributed by atoms with Crippen LogP contribution < -0.4 is 21.9 Å². The van der Waals surface area contributed by atoms with Crippen LogP contribution in [0.2, 0.25) is 0 Å². The number of anilines is 1. The van der Waals surface area contributed by atoms with Gasteiger partial charge < -0.3 is 10.6 Å². The number of nitrogens with two attached hydrogens (primary N) is 1. The molecule has 1 saturated heterocycles. The SMILES string of the molecule is CC#CCn1c(N2CCCC(N)C2)nc2c1c(=O)n(Cc1ccccc1C#N)c(=O)n2C1CC1. The van der Waals surface area contributed by atoms with Crippen LogP contribution in [0.25, 0.3) is 11.2 Å². The van der Waals surface area contributed by atoms with Crippen molar-refractivity contribution in [2.24, 2.45) is 5.73 Å². The van der Waals surface area contributed by atoms with Crippen molar-refractivity contribution >= 4 is 17.1 Å². The number of hydrogen-bond acceptors (Lipinski definition) is 6. The fourth-order valence-corrected chi connectivity index (χ4v) is 4.72. The Morgan fingerprint density at radius 3 is 2.68 bits per heavy atom. The van der Waals surface area contributed by atoms with Crippen molar-refractivity contribution in [1.82, 2.24) is 18.7 Å². The number of aromatic nitrogens is 4. The van der Waals surface area contributed by atoms with Gasteiger partial charge in [-0.1, -0.05) is 24.1 Å². The number of rotatable bonds is 5. The number of nitrogens with zero attached hydrogens (tertiary/aromatic N) is 6. The van der Waals surface area contributed by atoms with Gasteiger partial charge >= 0.3 is 5.69 Å². The van der Waals surface area contributed by atoms with E-state index in [1.165, 1.54) is 4.57 Å². The molecule has 2 aromatic heterocycles. The lowest BCUT2D eigenvalue weighted by Crippen LogP contribution is -2.44. The smallest absolute Gasteiger partial charge is 0.333 e. The molecule has 1 unspecified atom stereocenters. The first-order chi connectivity index (χ1) is 16.5. The van der Waals surface area contributed by atoms with Crippen molar-refractivity contribution in [3.8, 4) is 17.9 Å². The Morgan fingerprint density at radius 1 is 1.18 bits per heavy atom. The van der Waals surface area contributed by atoms with Crippen LogP contribution in [0.1, 0.15) is 49.8 Å². The summed E-state index contributed by atoms with van der Waals surface area (Å²) in [4.78, 5) is 34.3. The van der Waals surface area contributed by atoms with E-state index in [-0.39, 0.29) is 24.3 Å². The highest BCUT2D eigenvalue weighted by Gasteiger charge is 2.32. The predicted octanol–water partition coefficient (Wildman–Crippen LogP) is 1.57. The van der Waals surface area contributed by atoms with Gasteiger partial charge in [0.1, 0.15) is 0 Å². The molecular formula is C25H27N7O2. The molecule has 3 aromatic rings. The molecule has 9 heteroatoms. The van der Waals surface area contributed by atoms with E-state index in [4.69, 9.17) is 10.7 Å². The van der Waals surface area contributed by atoms with Gasteiger partial charge in [-0.25, -0.2) is 4.79 Å². The zero-order valence-corrected chi connectivity index (χ0v) is 19.2. The third-order valence-corrected chi connectivity index (χ3v) is 6.57. The van der Waals surface area contributed by atoms with E-state index in [2.05, 4.69) is 22.8 Å². The van der Waals surface area contributed by atoms with E-state index in [1.807, 2.05) is 4.57 Å². The molecule has 0 spiro atoms. The number of imidazole rings is 1. The maximum absolute atomic E-state index is 13.8. The van der Waals surface area contributed by atoms with Gasteiger partial charge in [0, 0.05) is 25.2 Å². The van der Waals surface area contributed by atoms with Crippen molar-refractivity contribution in [3.63, 3.8) is 0 Å². The highest BCUT2D eigenvalue weighted by molar-refractivity contribution is 5.75. The lowest BCUT2D eigenvalue weighted by molar-refractivity contribution is 0.496. The van der Waals surface area contributed by atoms with Gasteiger partial charge in [-0.15, -0.1) is 5.92 Å². The molecule has 0 radical (unpaired) electrons. The molecule has 1 aliphatic carbocycles. The molecule has 34 heavy (non-hydrogen) atoms. The highest BCUT2D eigenvalue weighted by Crippen LogP contribution is 2.36. The van der Waals surface area contributed by atoms with Crippen LogP contribution in [-0.2, 0) is 13.1 Å². The summed E-state index contributed by atoms with van der Waals surface area (Å²) in [7, 11) is 0. The van der Waals surface area contributed by atoms with Crippen LogP contribution in [0.4, 0.5) is 5.95 Å². The van der Waals surface area contributed by atoms with Crippen molar-refractivity contribution in [2.45, 2.75) is 57.8 Å². The first kappa shape index (κ1) is 22.0. The van der Waals surface area contributed by atoms with Crippen molar-refractivity contribution in [1.29, 1.82) is 5.26 Å². The molecule has 1 aromatic carbocycles. The second-order valence-electron chi connectivity index (χ2n) is 8.99. The second-order valence-corrected chi connectivity index (χ2v) is 8.99. The summed E-state index contributed by atoms with van der Waals surface area (Å²) in [5, 5.41) is 9.50. The summed E-state index contributed by atoms with van der Waals surface area (Å²) in [6, 6.07) is 9.24. The first-order valence-electron chi connectivity index (χ1n) is 11.7. The fraction of sp³-hybridized carbons (Fsp3) is 0.440. The van der Waals surface area contributed by atoms with Crippen LogP contribution in [0.3, 0.4) is 0 Å². The topological polar surface area (TPSA) is 115 Å². The van der Waals surface area contributed by atoms with E-state index in [9.17, 15) is 14.9 Å². The van der Waals surface area contributed by atoms with Crippen molar-refractivity contribution in [3.05, 3.63) is 56.2 Å². The summed E-state index contributed by atoms with van der Waals surface area (Å²) >= 11 is 0. The Bertz CT molecular complexity index is 1470. The Labute approximate surface area is 197 Å². The van der Waals surface area contributed by atoms with E-state index in [0.29, 0.717) is 41.3 Å². The molecule has 2 fully saturated rings. The minimum Gasteiger partial charge on any atom is -0.341 e. The molecule has 1 aliphatic heterocycles. The van der Waals surface area contributed by atoms with Crippen LogP contribution in [0, 0.1) is 23.2 Å². The zero-order chi connectivity index (χ0) is 23.8. The molecule has 0 amide bonds. The average Bonchev–Trinajstić information content (AvgIpc) is 3.60. The number of piperidine rings is 1. The number of fused-ring (bicyclic) bond motifs is 1. The normalized spacial score (nSPS) is 17.9.